The van der Waals surface area contributed by atoms with Crippen molar-refractivity contribution in [2.24, 2.45) is 4.99 Å². The minimum atomic E-state index is 0.650. The molecule has 0 aliphatic rings. The van der Waals surface area contributed by atoms with Crippen LogP contribution in [0.2, 0.25) is 0 Å². The molecule has 6 nitrogen and oxygen atoms in total. The van der Waals surface area contributed by atoms with E-state index in [1.165, 1.54) is 10.8 Å². The largest absolute Gasteiger partial charge is 0.494 e. The Hall–Kier alpha value is -2.80. The lowest BCUT2D eigenvalue weighted by atomic mass is 10.1. The van der Waals surface area contributed by atoms with Gasteiger partial charge in [-0.3, -0.25) is 4.99 Å². The van der Waals surface area contributed by atoms with Crippen LogP contribution in [0, 0.1) is 0 Å². The standard InChI is InChI=1S/C21H27N5OS/c1-22-20(24-14-18-15-28-21(25-18)26(2)3)23-11-6-12-27-19-10-9-16-7-4-5-8-17(16)13-19/h4-5,7-10,13,15H,6,11-12,14H2,1-3H3,(H2,22,23,24). The highest BCUT2D eigenvalue weighted by Gasteiger charge is 2.05. The summed E-state index contributed by atoms with van der Waals surface area (Å²) >= 11 is 1.64. The summed E-state index contributed by atoms with van der Waals surface area (Å²) in [7, 11) is 5.76. The second kappa shape index (κ2) is 9.94. The average Bonchev–Trinajstić information content (AvgIpc) is 3.19. The molecule has 1 aromatic heterocycles. The maximum atomic E-state index is 5.87. The molecule has 0 spiro atoms. The lowest BCUT2D eigenvalue weighted by molar-refractivity contribution is 0.311. The van der Waals surface area contributed by atoms with Gasteiger partial charge < -0.3 is 20.3 Å². The van der Waals surface area contributed by atoms with Crippen molar-refractivity contribution in [3.05, 3.63) is 53.5 Å². The topological polar surface area (TPSA) is 61.8 Å². The molecule has 0 bridgehead atoms. The maximum Gasteiger partial charge on any atom is 0.191 e. The van der Waals surface area contributed by atoms with Crippen molar-refractivity contribution in [1.29, 1.82) is 0 Å². The van der Waals surface area contributed by atoms with Crippen LogP contribution in [0.1, 0.15) is 12.1 Å². The molecule has 7 heteroatoms. The van der Waals surface area contributed by atoms with E-state index in [1.54, 1.807) is 18.4 Å². The second-order valence-electron chi connectivity index (χ2n) is 6.58. The first-order chi connectivity index (χ1) is 13.7. The average molecular weight is 398 g/mol. The predicted molar refractivity (Wildman–Crippen MR) is 119 cm³/mol. The van der Waals surface area contributed by atoms with Crippen LogP contribution >= 0.6 is 11.3 Å². The highest BCUT2D eigenvalue weighted by molar-refractivity contribution is 7.13. The number of nitrogens with one attached hydrogen (secondary N) is 2. The maximum absolute atomic E-state index is 5.87. The Morgan fingerprint density at radius 1 is 1.14 bits per heavy atom. The van der Waals surface area contributed by atoms with Gasteiger partial charge in [-0.2, -0.15) is 0 Å². The third-order valence-electron chi connectivity index (χ3n) is 4.19. The van der Waals surface area contributed by atoms with Gasteiger partial charge in [0, 0.05) is 33.1 Å². The van der Waals surface area contributed by atoms with Crippen LogP contribution in [0.3, 0.4) is 0 Å². The fourth-order valence-electron chi connectivity index (χ4n) is 2.70. The Labute approximate surface area is 170 Å². The number of nitrogens with zero attached hydrogens (tertiary/aromatic N) is 3. The normalized spacial score (nSPS) is 11.5. The van der Waals surface area contributed by atoms with E-state index in [1.807, 2.05) is 37.2 Å². The van der Waals surface area contributed by atoms with E-state index < -0.39 is 0 Å². The minimum absolute atomic E-state index is 0.650. The summed E-state index contributed by atoms with van der Waals surface area (Å²) in [4.78, 5) is 10.8. The molecule has 3 aromatic rings. The second-order valence-corrected chi connectivity index (χ2v) is 7.42. The molecule has 148 valence electrons. The number of thiazole rings is 1. The van der Waals surface area contributed by atoms with Crippen LogP contribution in [0.15, 0.2) is 52.8 Å². The summed E-state index contributed by atoms with van der Waals surface area (Å²) in [5.74, 6) is 1.67. The molecule has 2 N–H and O–H groups in total. The summed E-state index contributed by atoms with van der Waals surface area (Å²) in [5.41, 5.74) is 1.01. The number of rotatable bonds is 8. The Kier molecular flexibility index (Phi) is 7.08. The quantitative estimate of drug-likeness (QED) is 0.346. The molecule has 2 aromatic carbocycles. The third-order valence-corrected chi connectivity index (χ3v) is 5.24. The number of hydrogen-bond donors (Lipinski definition) is 2. The van der Waals surface area contributed by atoms with Gasteiger partial charge in [0.15, 0.2) is 11.1 Å². The fourth-order valence-corrected chi connectivity index (χ4v) is 3.46. The molecule has 0 radical (unpaired) electrons. The number of benzene rings is 2. The summed E-state index contributed by atoms with van der Waals surface area (Å²) in [6.45, 7) is 2.09. The summed E-state index contributed by atoms with van der Waals surface area (Å²) in [6.07, 6.45) is 0.884. The SMILES string of the molecule is CN=C(NCCCOc1ccc2ccccc2c1)NCc1csc(N(C)C)n1. The third kappa shape index (κ3) is 5.60. The van der Waals surface area contributed by atoms with Gasteiger partial charge in [0.25, 0.3) is 0 Å². The lowest BCUT2D eigenvalue weighted by Crippen LogP contribution is -2.37. The summed E-state index contributed by atoms with van der Waals surface area (Å²) in [5, 5.41) is 12.1. The van der Waals surface area contributed by atoms with Crippen LogP contribution in [-0.2, 0) is 6.54 Å². The van der Waals surface area contributed by atoms with Crippen molar-refractivity contribution in [1.82, 2.24) is 15.6 Å². The van der Waals surface area contributed by atoms with Gasteiger partial charge in [-0.15, -0.1) is 11.3 Å². The summed E-state index contributed by atoms with van der Waals surface area (Å²) < 4.78 is 5.87. The van der Waals surface area contributed by atoms with Gasteiger partial charge in [-0.05, 0) is 29.3 Å². The van der Waals surface area contributed by atoms with Crippen LogP contribution < -0.4 is 20.3 Å². The molecule has 1 heterocycles. The number of anilines is 1. The zero-order chi connectivity index (χ0) is 19.8. The van der Waals surface area contributed by atoms with Gasteiger partial charge in [-0.25, -0.2) is 4.98 Å². The monoisotopic (exact) mass is 397 g/mol. The Bertz CT molecular complexity index is 922. The molecule has 0 atom stereocenters. The van der Waals surface area contributed by atoms with Crippen molar-refractivity contribution in [3.8, 4) is 5.75 Å². The molecular formula is C21H27N5OS. The summed E-state index contributed by atoms with van der Waals surface area (Å²) in [6, 6.07) is 14.5. The zero-order valence-electron chi connectivity index (χ0n) is 16.6. The number of ether oxygens (including phenoxy) is 1. The number of hydrogen-bond acceptors (Lipinski definition) is 5. The van der Waals surface area contributed by atoms with Crippen LogP contribution in [0.25, 0.3) is 10.8 Å². The van der Waals surface area contributed by atoms with Crippen LogP contribution in [-0.4, -0.2) is 45.2 Å². The van der Waals surface area contributed by atoms with Crippen molar-refractivity contribution < 1.29 is 4.74 Å². The first-order valence-corrected chi connectivity index (χ1v) is 10.2. The van der Waals surface area contributed by atoms with E-state index in [0.717, 1.165) is 35.5 Å². The van der Waals surface area contributed by atoms with Gasteiger partial charge in [0.1, 0.15) is 5.75 Å². The molecule has 0 unspecified atom stereocenters. The first-order valence-electron chi connectivity index (χ1n) is 9.33. The van der Waals surface area contributed by atoms with E-state index in [9.17, 15) is 0 Å². The molecule has 0 saturated heterocycles. The lowest BCUT2D eigenvalue weighted by Gasteiger charge is -2.12. The van der Waals surface area contributed by atoms with Crippen molar-refractivity contribution >= 4 is 33.2 Å². The number of aliphatic imine (C=N–C) groups is 1. The number of guanidine groups is 1. The smallest absolute Gasteiger partial charge is 0.191 e. The van der Waals surface area contributed by atoms with E-state index in [0.29, 0.717) is 13.2 Å². The Morgan fingerprint density at radius 2 is 1.96 bits per heavy atom. The van der Waals surface area contributed by atoms with E-state index in [2.05, 4.69) is 50.3 Å². The minimum Gasteiger partial charge on any atom is -0.494 e. The van der Waals surface area contributed by atoms with Crippen LogP contribution in [0.4, 0.5) is 5.13 Å². The Morgan fingerprint density at radius 3 is 2.71 bits per heavy atom. The fraction of sp³-hybridized carbons (Fsp3) is 0.333. The molecule has 0 saturated carbocycles. The Balaban J connectivity index is 1.37. The number of aromatic nitrogens is 1. The van der Waals surface area contributed by atoms with Crippen LogP contribution in [0.5, 0.6) is 5.75 Å². The van der Waals surface area contributed by atoms with Crippen molar-refractivity contribution in [2.75, 3.05) is 39.2 Å². The van der Waals surface area contributed by atoms with E-state index in [4.69, 9.17) is 4.74 Å². The molecule has 0 amide bonds. The van der Waals surface area contributed by atoms with Gasteiger partial charge in [-0.1, -0.05) is 30.3 Å². The zero-order valence-corrected chi connectivity index (χ0v) is 17.4. The molecule has 0 aliphatic carbocycles. The predicted octanol–water partition coefficient (Wildman–Crippen LogP) is 3.50. The number of fused-ring (bicyclic) bond motifs is 1. The molecule has 0 fully saturated rings. The highest BCUT2D eigenvalue weighted by atomic mass is 32.1. The van der Waals surface area contributed by atoms with Crippen molar-refractivity contribution in [3.63, 3.8) is 0 Å². The molecular weight excluding hydrogens is 370 g/mol. The molecule has 28 heavy (non-hydrogen) atoms. The van der Waals surface area contributed by atoms with Gasteiger partial charge in [0.05, 0.1) is 18.8 Å². The van der Waals surface area contributed by atoms with E-state index >= 15 is 0 Å². The van der Waals surface area contributed by atoms with Gasteiger partial charge >= 0.3 is 0 Å². The first kappa shape index (κ1) is 19.9. The van der Waals surface area contributed by atoms with Crippen molar-refractivity contribution in [2.45, 2.75) is 13.0 Å². The molecule has 3 rings (SSSR count). The van der Waals surface area contributed by atoms with E-state index in [-0.39, 0.29) is 0 Å². The van der Waals surface area contributed by atoms with Gasteiger partial charge in [0.2, 0.25) is 0 Å². The highest BCUT2D eigenvalue weighted by Crippen LogP contribution is 2.20. The molecule has 0 aliphatic heterocycles.